The molecule has 0 aliphatic rings. The Kier molecular flexibility index (Phi) is 4.79. The van der Waals surface area contributed by atoms with Crippen molar-refractivity contribution in [3.63, 3.8) is 0 Å². The highest BCUT2D eigenvalue weighted by Crippen LogP contribution is 2.27. The quantitative estimate of drug-likeness (QED) is 0.728. The van der Waals surface area contributed by atoms with Gasteiger partial charge in [0, 0.05) is 11.0 Å². The average Bonchev–Trinajstić information content (AvgIpc) is 2.39. The van der Waals surface area contributed by atoms with Gasteiger partial charge in [-0.2, -0.15) is 0 Å². The zero-order valence-corrected chi connectivity index (χ0v) is 14.2. The summed E-state index contributed by atoms with van der Waals surface area (Å²) in [7, 11) is 0. The molecule has 19 heavy (non-hydrogen) atoms. The Balaban J connectivity index is 2.71. The summed E-state index contributed by atoms with van der Waals surface area (Å²) >= 11 is 7.04. The molecular formula is C14H16Br2N2O. The summed E-state index contributed by atoms with van der Waals surface area (Å²) in [5.41, 5.74) is 0.790. The third-order valence-corrected chi connectivity index (χ3v) is 4.44. The maximum Gasteiger partial charge on any atom is 0.261 e. The molecule has 0 aliphatic carbocycles. The van der Waals surface area contributed by atoms with Gasteiger partial charge in [-0.15, -0.1) is 0 Å². The lowest BCUT2D eigenvalue weighted by atomic mass is 10.2. The molecule has 0 saturated carbocycles. The van der Waals surface area contributed by atoms with E-state index < -0.39 is 0 Å². The standard InChI is InChI=1S/C14H16Br2N2O/c1-3-5-11(16)13-17-12-7-6-9(15)8-10(12)14(19)18(13)4-2/h6-8,11H,3-5H2,1-2H3. The van der Waals surface area contributed by atoms with Gasteiger partial charge in [0.05, 0.1) is 15.7 Å². The highest BCUT2D eigenvalue weighted by Gasteiger charge is 2.16. The SMILES string of the molecule is CCCC(Br)c1nc2ccc(Br)cc2c(=O)n1CC. The number of hydrogen-bond acceptors (Lipinski definition) is 2. The van der Waals surface area contributed by atoms with Crippen LogP contribution in [0.2, 0.25) is 0 Å². The van der Waals surface area contributed by atoms with Gasteiger partial charge in [-0.25, -0.2) is 4.98 Å². The average molecular weight is 388 g/mol. The Labute approximate surface area is 129 Å². The summed E-state index contributed by atoms with van der Waals surface area (Å²) in [6.45, 7) is 4.73. The van der Waals surface area contributed by atoms with E-state index in [0.29, 0.717) is 11.9 Å². The molecule has 0 amide bonds. The van der Waals surface area contributed by atoms with Gasteiger partial charge in [0.15, 0.2) is 0 Å². The lowest BCUT2D eigenvalue weighted by Crippen LogP contribution is -2.25. The van der Waals surface area contributed by atoms with E-state index >= 15 is 0 Å². The van der Waals surface area contributed by atoms with Crippen molar-refractivity contribution in [2.24, 2.45) is 0 Å². The Bertz CT molecular complexity index is 652. The Morgan fingerprint density at radius 1 is 1.37 bits per heavy atom. The molecule has 102 valence electrons. The van der Waals surface area contributed by atoms with Crippen LogP contribution in [-0.4, -0.2) is 9.55 Å². The van der Waals surface area contributed by atoms with E-state index in [4.69, 9.17) is 0 Å². The molecule has 0 aliphatic heterocycles. The molecule has 0 spiro atoms. The number of alkyl halides is 1. The summed E-state index contributed by atoms with van der Waals surface area (Å²) in [6, 6.07) is 5.64. The van der Waals surface area contributed by atoms with Gasteiger partial charge in [0.25, 0.3) is 5.56 Å². The van der Waals surface area contributed by atoms with E-state index in [1.807, 2.05) is 25.1 Å². The molecule has 5 heteroatoms. The first-order chi connectivity index (χ1) is 9.08. The van der Waals surface area contributed by atoms with Gasteiger partial charge in [-0.1, -0.05) is 45.2 Å². The number of nitrogens with zero attached hydrogens (tertiary/aromatic N) is 2. The Morgan fingerprint density at radius 3 is 2.74 bits per heavy atom. The molecule has 3 nitrogen and oxygen atoms in total. The zero-order valence-electron chi connectivity index (χ0n) is 11.0. The number of rotatable bonds is 4. The van der Waals surface area contributed by atoms with Crippen molar-refractivity contribution in [1.29, 1.82) is 0 Å². The maximum absolute atomic E-state index is 12.5. The van der Waals surface area contributed by atoms with Crippen LogP contribution >= 0.6 is 31.9 Å². The second-order valence-electron chi connectivity index (χ2n) is 4.44. The van der Waals surface area contributed by atoms with Crippen LogP contribution in [0.25, 0.3) is 10.9 Å². The molecule has 0 saturated heterocycles. The van der Waals surface area contributed by atoms with Gasteiger partial charge in [-0.05, 0) is 31.5 Å². The summed E-state index contributed by atoms with van der Waals surface area (Å²) < 4.78 is 2.65. The first-order valence-corrected chi connectivity index (χ1v) is 8.13. The Hall–Kier alpha value is -0.680. The summed E-state index contributed by atoms with van der Waals surface area (Å²) in [5, 5.41) is 0.663. The van der Waals surface area contributed by atoms with E-state index in [1.54, 1.807) is 4.57 Å². The van der Waals surface area contributed by atoms with Crippen LogP contribution in [-0.2, 0) is 6.54 Å². The van der Waals surface area contributed by atoms with Crippen LogP contribution < -0.4 is 5.56 Å². The van der Waals surface area contributed by atoms with Crippen LogP contribution in [0.1, 0.15) is 37.3 Å². The molecule has 0 radical (unpaired) electrons. The van der Waals surface area contributed by atoms with Crippen LogP contribution in [0, 0.1) is 0 Å². The van der Waals surface area contributed by atoms with E-state index in [0.717, 1.165) is 28.7 Å². The largest absolute Gasteiger partial charge is 0.295 e. The minimum absolute atomic E-state index is 0.0318. The first-order valence-electron chi connectivity index (χ1n) is 6.42. The maximum atomic E-state index is 12.5. The Morgan fingerprint density at radius 2 is 2.11 bits per heavy atom. The molecule has 2 aromatic rings. The van der Waals surface area contributed by atoms with Crippen molar-refractivity contribution in [2.75, 3.05) is 0 Å². The van der Waals surface area contributed by atoms with Crippen molar-refractivity contribution < 1.29 is 0 Å². The van der Waals surface area contributed by atoms with Crippen molar-refractivity contribution in [3.8, 4) is 0 Å². The fraction of sp³-hybridized carbons (Fsp3) is 0.429. The van der Waals surface area contributed by atoms with Crippen LogP contribution in [0.5, 0.6) is 0 Å². The molecule has 0 N–H and O–H groups in total. The smallest absolute Gasteiger partial charge is 0.261 e. The van der Waals surface area contributed by atoms with Gasteiger partial charge in [0.2, 0.25) is 0 Å². The van der Waals surface area contributed by atoms with E-state index in [9.17, 15) is 4.79 Å². The fourth-order valence-corrected chi connectivity index (χ4v) is 3.31. The van der Waals surface area contributed by atoms with Gasteiger partial charge < -0.3 is 0 Å². The predicted molar refractivity (Wildman–Crippen MR) is 86.0 cm³/mol. The normalized spacial score (nSPS) is 12.8. The highest BCUT2D eigenvalue weighted by atomic mass is 79.9. The summed E-state index contributed by atoms with van der Waals surface area (Å²) in [5.74, 6) is 0.823. The zero-order chi connectivity index (χ0) is 14.0. The third-order valence-electron chi connectivity index (χ3n) is 3.08. The number of halogens is 2. The third kappa shape index (κ3) is 2.92. The molecular weight excluding hydrogens is 372 g/mol. The van der Waals surface area contributed by atoms with Crippen molar-refractivity contribution in [2.45, 2.75) is 38.1 Å². The minimum Gasteiger partial charge on any atom is -0.295 e. The molecule has 1 heterocycles. The highest BCUT2D eigenvalue weighted by molar-refractivity contribution is 9.10. The van der Waals surface area contributed by atoms with Gasteiger partial charge in [0.1, 0.15) is 5.82 Å². The molecule has 1 unspecified atom stereocenters. The van der Waals surface area contributed by atoms with Crippen LogP contribution in [0.3, 0.4) is 0 Å². The first kappa shape index (κ1) is 14.7. The van der Waals surface area contributed by atoms with E-state index in [-0.39, 0.29) is 10.4 Å². The number of hydrogen-bond donors (Lipinski definition) is 0. The second kappa shape index (κ2) is 6.18. The summed E-state index contributed by atoms with van der Waals surface area (Å²) in [4.78, 5) is 17.3. The van der Waals surface area contributed by atoms with Crippen LogP contribution in [0.15, 0.2) is 27.5 Å². The summed E-state index contributed by atoms with van der Waals surface area (Å²) in [6.07, 6.45) is 2.02. The lowest BCUT2D eigenvalue weighted by Gasteiger charge is -2.15. The van der Waals surface area contributed by atoms with Gasteiger partial charge in [-0.3, -0.25) is 9.36 Å². The number of fused-ring (bicyclic) bond motifs is 1. The molecule has 1 aromatic carbocycles. The molecule has 2 rings (SSSR count). The molecule has 1 atom stereocenters. The van der Waals surface area contributed by atoms with Gasteiger partial charge >= 0.3 is 0 Å². The van der Waals surface area contributed by atoms with Crippen molar-refractivity contribution >= 4 is 42.8 Å². The fourth-order valence-electron chi connectivity index (χ4n) is 2.14. The van der Waals surface area contributed by atoms with Crippen molar-refractivity contribution in [1.82, 2.24) is 9.55 Å². The van der Waals surface area contributed by atoms with E-state index in [1.165, 1.54) is 0 Å². The molecule has 0 fully saturated rings. The molecule has 1 aromatic heterocycles. The number of benzene rings is 1. The lowest BCUT2D eigenvalue weighted by molar-refractivity contribution is 0.626. The topological polar surface area (TPSA) is 34.9 Å². The van der Waals surface area contributed by atoms with Crippen molar-refractivity contribution in [3.05, 3.63) is 38.9 Å². The monoisotopic (exact) mass is 386 g/mol. The number of aromatic nitrogens is 2. The van der Waals surface area contributed by atoms with Crippen LogP contribution in [0.4, 0.5) is 0 Å². The minimum atomic E-state index is 0.0318. The second-order valence-corrected chi connectivity index (χ2v) is 6.46. The molecule has 0 bridgehead atoms. The predicted octanol–water partition coefficient (Wildman–Crippen LogP) is 4.42. The van der Waals surface area contributed by atoms with E-state index in [2.05, 4.69) is 43.8 Å².